The number of hydrogen-bond acceptors (Lipinski definition) is 2. The van der Waals surface area contributed by atoms with E-state index in [0.717, 1.165) is 19.4 Å². The quantitative estimate of drug-likeness (QED) is 0.660. The van der Waals surface area contributed by atoms with Gasteiger partial charge in [0.25, 0.3) is 0 Å². The fraction of sp³-hybridized carbons (Fsp3) is 0.917. The molecule has 1 fully saturated rings. The zero-order chi connectivity index (χ0) is 11.1. The van der Waals surface area contributed by atoms with Crippen molar-refractivity contribution in [3.63, 3.8) is 0 Å². The van der Waals surface area contributed by atoms with Gasteiger partial charge < -0.3 is 11.1 Å². The Kier molecular flexibility index (Phi) is 5.09. The van der Waals surface area contributed by atoms with Crippen LogP contribution < -0.4 is 11.1 Å². The van der Waals surface area contributed by atoms with Crippen LogP contribution in [0.4, 0.5) is 0 Å². The summed E-state index contributed by atoms with van der Waals surface area (Å²) in [7, 11) is 0. The van der Waals surface area contributed by atoms with Gasteiger partial charge in [-0.15, -0.1) is 0 Å². The van der Waals surface area contributed by atoms with E-state index in [0.29, 0.717) is 18.4 Å². The highest BCUT2D eigenvalue weighted by molar-refractivity contribution is 5.75. The normalized spacial score (nSPS) is 19.1. The Morgan fingerprint density at radius 2 is 2.00 bits per heavy atom. The fourth-order valence-electron chi connectivity index (χ4n) is 2.24. The van der Waals surface area contributed by atoms with Crippen molar-refractivity contribution in [2.24, 2.45) is 11.1 Å². The van der Waals surface area contributed by atoms with Crippen LogP contribution in [-0.4, -0.2) is 19.0 Å². The van der Waals surface area contributed by atoms with Crippen molar-refractivity contribution in [1.29, 1.82) is 0 Å². The van der Waals surface area contributed by atoms with E-state index < -0.39 is 0 Å². The highest BCUT2D eigenvalue weighted by atomic mass is 16.1. The minimum Gasteiger partial charge on any atom is -0.356 e. The van der Waals surface area contributed by atoms with Gasteiger partial charge in [-0.25, -0.2) is 0 Å². The van der Waals surface area contributed by atoms with Gasteiger partial charge in [0, 0.05) is 13.0 Å². The zero-order valence-corrected chi connectivity index (χ0v) is 9.85. The number of rotatable bonds is 6. The minimum atomic E-state index is 0.191. The van der Waals surface area contributed by atoms with Gasteiger partial charge in [-0.3, -0.25) is 4.79 Å². The SMILES string of the molecule is CC1(CNC(=O)CCCCN)CCCC1. The molecular weight excluding hydrogens is 188 g/mol. The number of hydrogen-bond donors (Lipinski definition) is 2. The lowest BCUT2D eigenvalue weighted by Crippen LogP contribution is -2.33. The van der Waals surface area contributed by atoms with E-state index >= 15 is 0 Å². The van der Waals surface area contributed by atoms with Crippen molar-refractivity contribution in [3.8, 4) is 0 Å². The number of unbranched alkanes of at least 4 members (excludes halogenated alkanes) is 1. The highest BCUT2D eigenvalue weighted by Crippen LogP contribution is 2.36. The Bertz CT molecular complexity index is 198. The summed E-state index contributed by atoms with van der Waals surface area (Å²) in [5, 5.41) is 3.04. The number of nitrogens with one attached hydrogen (secondary N) is 1. The first-order chi connectivity index (χ1) is 7.16. The van der Waals surface area contributed by atoms with Crippen molar-refractivity contribution < 1.29 is 4.79 Å². The molecule has 3 heteroatoms. The largest absolute Gasteiger partial charge is 0.356 e. The molecule has 3 nitrogen and oxygen atoms in total. The number of amides is 1. The third-order valence-electron chi connectivity index (χ3n) is 3.38. The topological polar surface area (TPSA) is 55.1 Å². The van der Waals surface area contributed by atoms with Crippen LogP contribution in [0.2, 0.25) is 0 Å². The molecule has 0 radical (unpaired) electrons. The molecule has 88 valence electrons. The molecule has 15 heavy (non-hydrogen) atoms. The highest BCUT2D eigenvalue weighted by Gasteiger charge is 2.28. The maximum Gasteiger partial charge on any atom is 0.220 e. The van der Waals surface area contributed by atoms with Gasteiger partial charge in [0.1, 0.15) is 0 Å². The van der Waals surface area contributed by atoms with Gasteiger partial charge in [-0.2, -0.15) is 0 Å². The summed E-state index contributed by atoms with van der Waals surface area (Å²) in [5.74, 6) is 0.191. The van der Waals surface area contributed by atoms with Gasteiger partial charge in [0.15, 0.2) is 0 Å². The van der Waals surface area contributed by atoms with Crippen molar-refractivity contribution in [2.75, 3.05) is 13.1 Å². The molecule has 0 spiro atoms. The molecule has 1 amide bonds. The van der Waals surface area contributed by atoms with E-state index in [9.17, 15) is 4.79 Å². The monoisotopic (exact) mass is 212 g/mol. The second kappa shape index (κ2) is 6.11. The van der Waals surface area contributed by atoms with Gasteiger partial charge >= 0.3 is 0 Å². The van der Waals surface area contributed by atoms with Crippen LogP contribution in [0, 0.1) is 5.41 Å². The van der Waals surface area contributed by atoms with Gasteiger partial charge in [0.05, 0.1) is 0 Å². The molecule has 0 aliphatic heterocycles. The first-order valence-electron chi connectivity index (χ1n) is 6.13. The second-order valence-electron chi connectivity index (χ2n) is 5.04. The molecule has 1 rings (SSSR count). The maximum absolute atomic E-state index is 11.5. The number of carbonyl (C=O) groups is 1. The van der Waals surface area contributed by atoms with Crippen molar-refractivity contribution >= 4 is 5.91 Å². The summed E-state index contributed by atoms with van der Waals surface area (Å²) in [4.78, 5) is 11.5. The van der Waals surface area contributed by atoms with Crippen molar-refractivity contribution in [3.05, 3.63) is 0 Å². The molecule has 0 bridgehead atoms. The molecule has 1 saturated carbocycles. The lowest BCUT2D eigenvalue weighted by molar-refractivity contribution is -0.121. The van der Waals surface area contributed by atoms with E-state index in [1.54, 1.807) is 0 Å². The summed E-state index contributed by atoms with van der Waals surface area (Å²) in [5.41, 5.74) is 5.74. The zero-order valence-electron chi connectivity index (χ0n) is 9.85. The predicted octanol–water partition coefficient (Wildman–Crippen LogP) is 1.81. The Morgan fingerprint density at radius 1 is 1.33 bits per heavy atom. The van der Waals surface area contributed by atoms with Gasteiger partial charge in [-0.1, -0.05) is 19.8 Å². The first-order valence-corrected chi connectivity index (χ1v) is 6.13. The lowest BCUT2D eigenvalue weighted by atomic mass is 9.89. The van der Waals surface area contributed by atoms with Gasteiger partial charge in [0.2, 0.25) is 5.91 Å². The van der Waals surface area contributed by atoms with E-state index in [1.807, 2.05) is 0 Å². The number of nitrogens with two attached hydrogens (primary N) is 1. The molecule has 0 aromatic rings. The standard InChI is InChI=1S/C12H24N2O/c1-12(7-3-4-8-12)10-14-11(15)6-2-5-9-13/h2-10,13H2,1H3,(H,14,15). The average molecular weight is 212 g/mol. The average Bonchev–Trinajstić information content (AvgIpc) is 2.64. The molecule has 0 unspecified atom stereocenters. The maximum atomic E-state index is 11.5. The third-order valence-corrected chi connectivity index (χ3v) is 3.38. The van der Waals surface area contributed by atoms with Gasteiger partial charge in [-0.05, 0) is 37.6 Å². The summed E-state index contributed by atoms with van der Waals surface area (Å²) >= 11 is 0. The van der Waals surface area contributed by atoms with E-state index in [-0.39, 0.29) is 5.91 Å². The Balaban J connectivity index is 2.10. The fourth-order valence-corrected chi connectivity index (χ4v) is 2.24. The molecule has 0 aromatic heterocycles. The molecule has 0 saturated heterocycles. The van der Waals surface area contributed by atoms with Crippen LogP contribution in [0.15, 0.2) is 0 Å². The number of carbonyl (C=O) groups excluding carboxylic acids is 1. The molecule has 3 N–H and O–H groups in total. The van der Waals surface area contributed by atoms with Crippen LogP contribution in [0.1, 0.15) is 51.9 Å². The van der Waals surface area contributed by atoms with Crippen LogP contribution >= 0.6 is 0 Å². The first kappa shape index (κ1) is 12.5. The van der Waals surface area contributed by atoms with E-state index in [2.05, 4.69) is 12.2 Å². The molecule has 0 atom stereocenters. The molecule has 0 heterocycles. The Hall–Kier alpha value is -0.570. The van der Waals surface area contributed by atoms with Crippen LogP contribution in [0.3, 0.4) is 0 Å². The summed E-state index contributed by atoms with van der Waals surface area (Å²) in [6.45, 7) is 3.82. The van der Waals surface area contributed by atoms with Crippen LogP contribution in [0.25, 0.3) is 0 Å². The minimum absolute atomic E-state index is 0.191. The lowest BCUT2D eigenvalue weighted by Gasteiger charge is -2.23. The van der Waals surface area contributed by atoms with Crippen LogP contribution in [0.5, 0.6) is 0 Å². The van der Waals surface area contributed by atoms with Crippen molar-refractivity contribution in [1.82, 2.24) is 5.32 Å². The molecule has 0 aromatic carbocycles. The Labute approximate surface area is 92.8 Å². The van der Waals surface area contributed by atoms with Crippen molar-refractivity contribution in [2.45, 2.75) is 51.9 Å². The molecule has 1 aliphatic rings. The Morgan fingerprint density at radius 3 is 2.60 bits per heavy atom. The van der Waals surface area contributed by atoms with E-state index in [1.165, 1.54) is 25.7 Å². The molecular formula is C12H24N2O. The summed E-state index contributed by atoms with van der Waals surface area (Å²) < 4.78 is 0. The molecule has 1 aliphatic carbocycles. The van der Waals surface area contributed by atoms with E-state index in [4.69, 9.17) is 5.73 Å². The third kappa shape index (κ3) is 4.65. The summed E-state index contributed by atoms with van der Waals surface area (Å²) in [6.07, 6.45) is 7.66. The van der Waals surface area contributed by atoms with Crippen LogP contribution in [-0.2, 0) is 4.79 Å². The predicted molar refractivity (Wildman–Crippen MR) is 62.5 cm³/mol. The smallest absolute Gasteiger partial charge is 0.220 e. The second-order valence-corrected chi connectivity index (χ2v) is 5.04. The summed E-state index contributed by atoms with van der Waals surface area (Å²) in [6, 6.07) is 0.